The van der Waals surface area contributed by atoms with Crippen LogP contribution < -0.4 is 10.5 Å². The number of nitrogen functional groups attached to an aromatic ring is 1. The summed E-state index contributed by atoms with van der Waals surface area (Å²) in [6, 6.07) is 16.8. The third kappa shape index (κ3) is 3.74. The Bertz CT molecular complexity index is 1150. The Morgan fingerprint density at radius 2 is 1.75 bits per heavy atom. The molecule has 0 bridgehead atoms. The van der Waals surface area contributed by atoms with Gasteiger partial charge >= 0.3 is 0 Å². The lowest BCUT2D eigenvalue weighted by Crippen LogP contribution is -2.02. The molecule has 4 rings (SSSR count). The topological polar surface area (TPSA) is 120 Å². The minimum absolute atomic E-state index is 0.189. The van der Waals surface area contributed by atoms with Crippen LogP contribution in [0.25, 0.3) is 34.3 Å². The zero-order chi connectivity index (χ0) is 19.5. The number of nitrogens with one attached hydrogen (secondary N) is 1. The van der Waals surface area contributed by atoms with Gasteiger partial charge in [0.2, 0.25) is 5.89 Å². The van der Waals surface area contributed by atoms with Crippen LogP contribution in [-0.2, 0) is 11.0 Å². The molecule has 0 amide bonds. The molecular weight excluding hydrogens is 376 g/mol. The molecular formula is C19H16N6O2S. The molecule has 0 fully saturated rings. The van der Waals surface area contributed by atoms with Gasteiger partial charge in [0.1, 0.15) is 11.0 Å². The molecule has 1 atom stereocenters. The first-order valence-electron chi connectivity index (χ1n) is 8.32. The highest BCUT2D eigenvalue weighted by atomic mass is 32.2. The van der Waals surface area contributed by atoms with Crippen LogP contribution in [0.15, 0.2) is 65.2 Å². The van der Waals surface area contributed by atoms with Gasteiger partial charge in [-0.1, -0.05) is 30.3 Å². The summed E-state index contributed by atoms with van der Waals surface area (Å²) in [6.07, 6.45) is 3.13. The first-order chi connectivity index (χ1) is 13.6. The van der Waals surface area contributed by atoms with Crippen LogP contribution in [0, 0.1) is 0 Å². The molecule has 0 aliphatic rings. The van der Waals surface area contributed by atoms with Crippen LogP contribution in [0.1, 0.15) is 0 Å². The van der Waals surface area contributed by atoms with Gasteiger partial charge in [-0.2, -0.15) is 0 Å². The minimum Gasteiger partial charge on any atom is -0.414 e. The van der Waals surface area contributed by atoms with Crippen molar-refractivity contribution in [2.24, 2.45) is 0 Å². The Morgan fingerprint density at radius 1 is 1.00 bits per heavy atom. The number of aromatic nitrogens is 4. The fourth-order valence-corrected chi connectivity index (χ4v) is 3.08. The molecule has 0 saturated carbocycles. The highest BCUT2D eigenvalue weighted by Gasteiger charge is 2.16. The molecule has 0 aliphatic heterocycles. The zero-order valence-corrected chi connectivity index (χ0v) is 15.7. The summed E-state index contributed by atoms with van der Waals surface area (Å²) in [5.74, 6) is 0.754. The van der Waals surface area contributed by atoms with Crippen molar-refractivity contribution >= 4 is 22.5 Å². The molecule has 0 radical (unpaired) electrons. The highest BCUT2D eigenvalue weighted by Crippen LogP contribution is 2.28. The first-order valence-corrected chi connectivity index (χ1v) is 9.88. The molecule has 4 aromatic rings. The minimum atomic E-state index is -1.17. The van der Waals surface area contributed by atoms with Crippen molar-refractivity contribution < 1.29 is 8.63 Å². The normalized spacial score (nSPS) is 11.9. The van der Waals surface area contributed by atoms with Gasteiger partial charge in [0, 0.05) is 23.1 Å². The number of nitrogens with zero attached hydrogens (tertiary/aromatic N) is 4. The number of rotatable bonds is 5. The van der Waals surface area contributed by atoms with E-state index in [0.29, 0.717) is 23.0 Å². The van der Waals surface area contributed by atoms with Gasteiger partial charge in [0.25, 0.3) is 5.89 Å². The number of benzene rings is 2. The van der Waals surface area contributed by atoms with Crippen molar-refractivity contribution in [2.45, 2.75) is 0 Å². The van der Waals surface area contributed by atoms with Crippen LogP contribution >= 0.6 is 0 Å². The fraction of sp³-hybridized carbons (Fsp3) is 0.0526. The predicted molar refractivity (Wildman–Crippen MR) is 108 cm³/mol. The van der Waals surface area contributed by atoms with Crippen LogP contribution in [0.3, 0.4) is 0 Å². The molecule has 2 heterocycles. The van der Waals surface area contributed by atoms with E-state index in [-0.39, 0.29) is 11.7 Å². The number of hydrogen-bond donors (Lipinski definition) is 2. The lowest BCUT2D eigenvalue weighted by molar-refractivity contribution is 0.582. The summed E-state index contributed by atoms with van der Waals surface area (Å²) in [6.45, 7) is 0. The average molecular weight is 392 g/mol. The largest absolute Gasteiger partial charge is 0.414 e. The molecule has 28 heavy (non-hydrogen) atoms. The van der Waals surface area contributed by atoms with E-state index in [4.69, 9.17) is 10.2 Å². The molecule has 2 aromatic heterocycles. The number of anilines is 2. The fourth-order valence-electron chi connectivity index (χ4n) is 2.62. The maximum absolute atomic E-state index is 11.4. The van der Waals surface area contributed by atoms with E-state index in [0.717, 1.165) is 11.1 Å². The third-order valence-corrected chi connectivity index (χ3v) is 4.39. The van der Waals surface area contributed by atoms with Crippen LogP contribution in [0.4, 0.5) is 11.5 Å². The molecule has 3 N–H and O–H groups in total. The van der Waals surface area contributed by atoms with Crippen LogP contribution in [-0.4, -0.2) is 30.6 Å². The van der Waals surface area contributed by atoms with Crippen molar-refractivity contribution in [3.8, 4) is 34.3 Å². The number of hydrogen-bond acceptors (Lipinski definition) is 7. The van der Waals surface area contributed by atoms with Gasteiger partial charge in [0.05, 0.1) is 11.9 Å². The molecule has 140 valence electrons. The molecule has 0 saturated heterocycles. The van der Waals surface area contributed by atoms with Gasteiger partial charge in [-0.05, 0) is 24.3 Å². The van der Waals surface area contributed by atoms with E-state index < -0.39 is 11.0 Å². The summed E-state index contributed by atoms with van der Waals surface area (Å²) in [4.78, 5) is 8.76. The second kappa shape index (κ2) is 7.57. The summed E-state index contributed by atoms with van der Waals surface area (Å²) < 4.78 is 20.0. The zero-order valence-electron chi connectivity index (χ0n) is 14.9. The molecule has 0 aliphatic carbocycles. The van der Waals surface area contributed by atoms with Gasteiger partial charge in [-0.15, -0.1) is 10.2 Å². The molecule has 0 spiro atoms. The second-order valence-corrected chi connectivity index (χ2v) is 7.02. The van der Waals surface area contributed by atoms with Crippen LogP contribution in [0.2, 0.25) is 0 Å². The van der Waals surface area contributed by atoms with E-state index in [1.54, 1.807) is 12.5 Å². The Hall–Kier alpha value is -3.59. The summed E-state index contributed by atoms with van der Waals surface area (Å²) in [5, 5.41) is 8.13. The second-order valence-electron chi connectivity index (χ2n) is 5.90. The van der Waals surface area contributed by atoms with Gasteiger partial charge < -0.3 is 14.9 Å². The average Bonchev–Trinajstić information content (AvgIpc) is 3.19. The summed E-state index contributed by atoms with van der Waals surface area (Å²) in [5.41, 5.74) is 9.17. The van der Waals surface area contributed by atoms with Gasteiger partial charge in [-0.3, -0.25) is 0 Å². The van der Waals surface area contributed by atoms with Crippen molar-refractivity contribution in [2.75, 3.05) is 16.7 Å². The molecule has 1 unspecified atom stereocenters. The monoisotopic (exact) mass is 392 g/mol. The van der Waals surface area contributed by atoms with Gasteiger partial charge in [0.15, 0.2) is 11.5 Å². The van der Waals surface area contributed by atoms with E-state index >= 15 is 0 Å². The van der Waals surface area contributed by atoms with Crippen LogP contribution in [0.5, 0.6) is 0 Å². The van der Waals surface area contributed by atoms with Crippen molar-refractivity contribution in [3.63, 3.8) is 0 Å². The Labute approximate surface area is 163 Å². The lowest BCUT2D eigenvalue weighted by Gasteiger charge is -2.07. The Morgan fingerprint density at radius 3 is 2.54 bits per heavy atom. The highest BCUT2D eigenvalue weighted by molar-refractivity contribution is 7.85. The molecule has 2 aromatic carbocycles. The van der Waals surface area contributed by atoms with E-state index in [2.05, 4.69) is 24.9 Å². The maximum Gasteiger partial charge on any atom is 0.270 e. The number of nitrogens with two attached hydrogens (primary N) is 1. The molecule has 8 nitrogen and oxygen atoms in total. The quantitative estimate of drug-likeness (QED) is 0.535. The predicted octanol–water partition coefficient (Wildman–Crippen LogP) is 3.15. The van der Waals surface area contributed by atoms with Crippen molar-refractivity contribution in [1.29, 1.82) is 0 Å². The summed E-state index contributed by atoms with van der Waals surface area (Å²) in [7, 11) is -1.17. The van der Waals surface area contributed by atoms with Crippen molar-refractivity contribution in [1.82, 2.24) is 20.2 Å². The Balaban J connectivity index is 1.71. The maximum atomic E-state index is 11.4. The van der Waals surface area contributed by atoms with E-state index in [9.17, 15) is 4.21 Å². The van der Waals surface area contributed by atoms with Crippen molar-refractivity contribution in [3.05, 3.63) is 60.8 Å². The molecule has 9 heteroatoms. The summed E-state index contributed by atoms with van der Waals surface area (Å²) >= 11 is 0. The van der Waals surface area contributed by atoms with E-state index in [1.165, 1.54) is 0 Å². The standard InChI is InChI=1S/C19H16N6O2S/c1-28(26)25-14-9-5-8-13(10-14)15-11-21-17(20)16(22-15)19-24-23-18(27-19)12-6-3-2-4-7-12/h2-11,25H,1H3,(H2,20,21). The first kappa shape index (κ1) is 17.8. The smallest absolute Gasteiger partial charge is 0.270 e. The van der Waals surface area contributed by atoms with Gasteiger partial charge in [-0.25, -0.2) is 14.2 Å². The lowest BCUT2D eigenvalue weighted by atomic mass is 10.1. The third-order valence-electron chi connectivity index (χ3n) is 3.87. The van der Waals surface area contributed by atoms with E-state index in [1.807, 2.05) is 54.6 Å². The SMILES string of the molecule is CS(=O)Nc1cccc(-c2cnc(N)c(-c3nnc(-c4ccccc4)o3)n2)c1. The Kier molecular flexibility index (Phi) is 4.81.